The molecular weight excluding hydrogens is 489 g/mol. The zero-order valence-corrected chi connectivity index (χ0v) is 19.1. The highest BCUT2D eigenvalue weighted by molar-refractivity contribution is 9.10. The Bertz CT molecular complexity index is 1310. The topological polar surface area (TPSA) is 86.3 Å². The Kier molecular flexibility index (Phi) is 5.43. The van der Waals surface area contributed by atoms with Crippen molar-refractivity contribution >= 4 is 33.2 Å². The van der Waals surface area contributed by atoms with Crippen LogP contribution in [0.4, 0.5) is 15.8 Å². The summed E-state index contributed by atoms with van der Waals surface area (Å²) in [5.74, 6) is -0.628. The van der Waals surface area contributed by atoms with Crippen LogP contribution in [0.3, 0.4) is 0 Å². The summed E-state index contributed by atoms with van der Waals surface area (Å²) in [7, 11) is 0. The Morgan fingerprint density at radius 3 is 2.39 bits per heavy atom. The number of nitrogens with zero attached hydrogens (tertiary/aromatic N) is 4. The monoisotopic (exact) mass is 507 g/mol. The summed E-state index contributed by atoms with van der Waals surface area (Å²) in [6.45, 7) is 1.71. The lowest BCUT2D eigenvalue weighted by Crippen LogP contribution is -2.30. The van der Waals surface area contributed by atoms with Gasteiger partial charge in [-0.15, -0.1) is 0 Å². The Labute approximate surface area is 197 Å². The number of halogens is 2. The number of anilines is 2. The van der Waals surface area contributed by atoms with Gasteiger partial charge in [-0.1, -0.05) is 15.9 Å². The second-order valence-corrected chi connectivity index (χ2v) is 8.56. The number of hydrogen-bond acceptors (Lipinski definition) is 5. The Balaban J connectivity index is 1.66. The van der Waals surface area contributed by atoms with Crippen LogP contribution in [0, 0.1) is 5.82 Å². The normalized spacial score (nSPS) is 18.2. The van der Waals surface area contributed by atoms with Crippen molar-refractivity contribution in [2.45, 2.75) is 19.3 Å². The fourth-order valence-electron chi connectivity index (χ4n) is 3.74. The van der Waals surface area contributed by atoms with E-state index in [-0.39, 0.29) is 5.91 Å². The average molecular weight is 508 g/mol. The summed E-state index contributed by atoms with van der Waals surface area (Å²) in [6, 6.07) is 17.5. The van der Waals surface area contributed by atoms with Crippen molar-refractivity contribution < 1.29 is 13.9 Å². The lowest BCUT2D eigenvalue weighted by atomic mass is 10.1. The van der Waals surface area contributed by atoms with Gasteiger partial charge in [0.1, 0.15) is 17.6 Å². The lowest BCUT2D eigenvalue weighted by molar-refractivity contribution is -0.121. The molecule has 1 aliphatic rings. The molecule has 5 rings (SSSR count). The summed E-state index contributed by atoms with van der Waals surface area (Å²) < 4.78 is 22.3. The maximum Gasteiger partial charge on any atom is 0.258 e. The van der Waals surface area contributed by atoms with Gasteiger partial charge in [0.25, 0.3) is 5.91 Å². The van der Waals surface area contributed by atoms with Crippen molar-refractivity contribution in [2.75, 3.05) is 10.6 Å². The van der Waals surface area contributed by atoms with Crippen LogP contribution in [0.5, 0.6) is 0 Å². The van der Waals surface area contributed by atoms with Gasteiger partial charge >= 0.3 is 0 Å². The minimum absolute atomic E-state index is 0.181. The molecular formula is C24H19BrFN5O2. The van der Waals surface area contributed by atoms with E-state index in [1.165, 1.54) is 6.07 Å². The molecule has 0 bridgehead atoms. The highest BCUT2D eigenvalue weighted by atomic mass is 79.9. The van der Waals surface area contributed by atoms with E-state index in [0.717, 1.165) is 16.4 Å². The van der Waals surface area contributed by atoms with Crippen LogP contribution in [0.1, 0.15) is 18.7 Å². The van der Waals surface area contributed by atoms with Gasteiger partial charge in [-0.3, -0.25) is 14.7 Å². The minimum Gasteiger partial charge on any atom is -0.399 e. The molecule has 2 N–H and O–H groups in total. The second kappa shape index (κ2) is 8.42. The van der Waals surface area contributed by atoms with Crippen molar-refractivity contribution in [3.05, 3.63) is 88.9 Å². The minimum atomic E-state index is -0.748. The number of rotatable bonds is 4. The number of benzene rings is 2. The van der Waals surface area contributed by atoms with Crippen LogP contribution in [0.2, 0.25) is 0 Å². The summed E-state index contributed by atoms with van der Waals surface area (Å²) in [5, 5.41) is 4.73. The average Bonchev–Trinajstić information content (AvgIpc) is 3.37. The molecule has 3 heterocycles. The van der Waals surface area contributed by atoms with E-state index < -0.39 is 18.1 Å². The summed E-state index contributed by atoms with van der Waals surface area (Å²) >= 11 is 3.44. The predicted molar refractivity (Wildman–Crippen MR) is 126 cm³/mol. The molecule has 4 aromatic rings. The number of nitrogens with two attached hydrogens (primary N) is 1. The van der Waals surface area contributed by atoms with E-state index >= 15 is 0 Å². The van der Waals surface area contributed by atoms with Crippen LogP contribution in [0.15, 0.2) is 77.5 Å². The van der Waals surface area contributed by atoms with Crippen molar-refractivity contribution in [1.82, 2.24) is 14.8 Å². The molecule has 1 fully saturated rings. The maximum atomic E-state index is 13.5. The quantitative estimate of drug-likeness (QED) is 0.398. The zero-order chi connectivity index (χ0) is 23.1. The molecule has 1 amide bonds. The molecule has 0 unspecified atom stereocenters. The highest BCUT2D eigenvalue weighted by Crippen LogP contribution is 2.39. The first kappa shape index (κ1) is 21.3. The number of nitrogen functional groups attached to an aromatic ring is 1. The van der Waals surface area contributed by atoms with Gasteiger partial charge in [0.05, 0.1) is 17.6 Å². The fraction of sp³-hybridized carbons (Fsp3) is 0.125. The molecule has 9 heteroatoms. The smallest absolute Gasteiger partial charge is 0.258 e. The van der Waals surface area contributed by atoms with Gasteiger partial charge in [-0.2, -0.15) is 5.10 Å². The Hall–Kier alpha value is -3.56. The fourth-order valence-corrected chi connectivity index (χ4v) is 4.01. The number of ether oxygens (including phenoxy) is 1. The van der Waals surface area contributed by atoms with Crippen molar-refractivity contribution in [3.63, 3.8) is 0 Å². The molecule has 166 valence electrons. The molecule has 1 saturated heterocycles. The third-order valence-corrected chi connectivity index (χ3v) is 5.92. The number of amides is 1. The van der Waals surface area contributed by atoms with E-state index in [1.54, 1.807) is 46.8 Å². The van der Waals surface area contributed by atoms with E-state index in [0.29, 0.717) is 28.3 Å². The molecule has 33 heavy (non-hydrogen) atoms. The van der Waals surface area contributed by atoms with Crippen LogP contribution in [0.25, 0.3) is 17.1 Å². The van der Waals surface area contributed by atoms with E-state index in [9.17, 15) is 9.18 Å². The number of carbonyl (C=O) groups is 1. The van der Waals surface area contributed by atoms with Gasteiger partial charge in [-0.25, -0.2) is 9.07 Å². The third-order valence-electron chi connectivity index (χ3n) is 5.39. The van der Waals surface area contributed by atoms with Crippen molar-refractivity contribution in [1.29, 1.82) is 0 Å². The second-order valence-electron chi connectivity index (χ2n) is 7.65. The number of aromatic nitrogens is 3. The molecule has 0 saturated carbocycles. The van der Waals surface area contributed by atoms with Crippen LogP contribution in [-0.2, 0) is 9.53 Å². The first-order valence-electron chi connectivity index (χ1n) is 10.2. The van der Waals surface area contributed by atoms with E-state index in [1.807, 2.05) is 30.5 Å². The largest absolute Gasteiger partial charge is 0.399 e. The molecule has 0 spiro atoms. The van der Waals surface area contributed by atoms with Gasteiger partial charge in [0.15, 0.2) is 6.23 Å². The van der Waals surface area contributed by atoms with Crippen molar-refractivity contribution in [2.24, 2.45) is 0 Å². The molecule has 0 aliphatic carbocycles. The Morgan fingerprint density at radius 2 is 1.73 bits per heavy atom. The molecule has 0 radical (unpaired) electrons. The van der Waals surface area contributed by atoms with Crippen LogP contribution < -0.4 is 10.6 Å². The van der Waals surface area contributed by atoms with Crippen LogP contribution >= 0.6 is 15.9 Å². The van der Waals surface area contributed by atoms with Gasteiger partial charge in [0, 0.05) is 27.6 Å². The Morgan fingerprint density at radius 1 is 1.03 bits per heavy atom. The molecule has 2 aromatic heterocycles. The molecule has 7 nitrogen and oxygen atoms in total. The molecule has 2 aromatic carbocycles. The lowest BCUT2D eigenvalue weighted by Gasteiger charge is -2.23. The van der Waals surface area contributed by atoms with Gasteiger partial charge in [0.2, 0.25) is 0 Å². The van der Waals surface area contributed by atoms with Crippen molar-refractivity contribution in [3.8, 4) is 17.1 Å². The summed E-state index contributed by atoms with van der Waals surface area (Å²) in [6.07, 6.45) is 1.54. The highest BCUT2D eigenvalue weighted by Gasteiger charge is 2.42. The van der Waals surface area contributed by atoms with Gasteiger partial charge in [-0.05, 0) is 67.6 Å². The standard InChI is InChI=1S/C24H19BrFN5O2/c1-14-23(32)31(19-9-5-17(27)6-10-19)24(33-14)20-13-30(18-7-2-15(25)3-8-18)29-22(20)21-11-4-16(26)12-28-21/h2-14,24H,27H2,1H3/t14-,24-/m1/s1. The van der Waals surface area contributed by atoms with Crippen LogP contribution in [-0.4, -0.2) is 26.8 Å². The maximum absolute atomic E-state index is 13.5. The number of hydrogen-bond donors (Lipinski definition) is 1. The SMILES string of the molecule is C[C@H]1O[C@H](c2cn(-c3ccc(Br)cc3)nc2-c2ccc(F)cn2)N(c2ccc(N)cc2)C1=O. The summed E-state index contributed by atoms with van der Waals surface area (Å²) in [4.78, 5) is 18.9. The number of pyridine rings is 1. The predicted octanol–water partition coefficient (Wildman–Crippen LogP) is 4.87. The first-order valence-corrected chi connectivity index (χ1v) is 11.0. The zero-order valence-electron chi connectivity index (χ0n) is 17.5. The first-order chi connectivity index (χ1) is 15.9. The number of carbonyl (C=O) groups excluding carboxylic acids is 1. The summed E-state index contributed by atoms with van der Waals surface area (Å²) in [5.41, 5.74) is 9.48. The van der Waals surface area contributed by atoms with Gasteiger partial charge < -0.3 is 10.5 Å². The van der Waals surface area contributed by atoms with E-state index in [4.69, 9.17) is 15.6 Å². The molecule has 2 atom stereocenters. The third kappa shape index (κ3) is 4.01. The van der Waals surface area contributed by atoms with E-state index in [2.05, 4.69) is 20.9 Å². The molecule has 1 aliphatic heterocycles.